The molecule has 0 amide bonds. The second kappa shape index (κ2) is 7.22. The SMILES string of the molecule is CCCCC(C(=O)OC)C(=O)c1c(C)cc(C)cc1C. The summed E-state index contributed by atoms with van der Waals surface area (Å²) < 4.78 is 4.80. The van der Waals surface area contributed by atoms with E-state index in [0.29, 0.717) is 12.0 Å². The third kappa shape index (κ3) is 3.69. The van der Waals surface area contributed by atoms with Crippen molar-refractivity contribution < 1.29 is 14.3 Å². The van der Waals surface area contributed by atoms with Crippen molar-refractivity contribution >= 4 is 11.8 Å². The highest BCUT2D eigenvalue weighted by molar-refractivity contribution is 6.10. The summed E-state index contributed by atoms with van der Waals surface area (Å²) in [5, 5.41) is 0. The molecule has 0 N–H and O–H groups in total. The van der Waals surface area contributed by atoms with Gasteiger partial charge in [0.25, 0.3) is 0 Å². The van der Waals surface area contributed by atoms with E-state index < -0.39 is 11.9 Å². The van der Waals surface area contributed by atoms with E-state index in [1.54, 1.807) is 0 Å². The average Bonchev–Trinajstić information content (AvgIpc) is 2.37. The fourth-order valence-corrected chi connectivity index (χ4v) is 2.65. The van der Waals surface area contributed by atoms with E-state index in [9.17, 15) is 9.59 Å². The molecule has 0 fully saturated rings. The molecule has 1 atom stereocenters. The molecule has 1 unspecified atom stereocenters. The van der Waals surface area contributed by atoms with Crippen molar-refractivity contribution in [2.24, 2.45) is 5.92 Å². The van der Waals surface area contributed by atoms with Gasteiger partial charge in [-0.1, -0.05) is 37.5 Å². The molecule has 0 aliphatic rings. The van der Waals surface area contributed by atoms with Crippen LogP contribution < -0.4 is 0 Å². The van der Waals surface area contributed by atoms with Gasteiger partial charge in [-0.05, 0) is 38.3 Å². The number of hydrogen-bond acceptors (Lipinski definition) is 3. The molecule has 1 rings (SSSR count). The zero-order chi connectivity index (χ0) is 15.3. The normalized spacial score (nSPS) is 12.1. The smallest absolute Gasteiger partial charge is 0.316 e. The van der Waals surface area contributed by atoms with Crippen LogP contribution >= 0.6 is 0 Å². The van der Waals surface area contributed by atoms with Crippen LogP contribution in [0.25, 0.3) is 0 Å². The summed E-state index contributed by atoms with van der Waals surface area (Å²) in [6.07, 6.45) is 2.34. The molecule has 110 valence electrons. The number of benzene rings is 1. The van der Waals surface area contributed by atoms with Gasteiger partial charge in [-0.2, -0.15) is 0 Å². The lowest BCUT2D eigenvalue weighted by Crippen LogP contribution is -2.26. The van der Waals surface area contributed by atoms with Gasteiger partial charge in [0, 0.05) is 5.56 Å². The standard InChI is InChI=1S/C17H24O3/c1-6-7-8-14(17(19)20-5)16(18)15-12(3)9-11(2)10-13(15)4/h9-10,14H,6-8H2,1-5H3. The minimum Gasteiger partial charge on any atom is -0.468 e. The Morgan fingerprint density at radius 3 is 2.15 bits per heavy atom. The van der Waals surface area contributed by atoms with Gasteiger partial charge in [-0.15, -0.1) is 0 Å². The quantitative estimate of drug-likeness (QED) is 0.451. The van der Waals surface area contributed by atoms with Crippen molar-refractivity contribution in [1.29, 1.82) is 0 Å². The Morgan fingerprint density at radius 2 is 1.70 bits per heavy atom. The molecule has 0 aliphatic carbocycles. The third-order valence-electron chi connectivity index (χ3n) is 3.57. The van der Waals surface area contributed by atoms with Gasteiger partial charge in [0.15, 0.2) is 5.78 Å². The number of esters is 1. The number of Topliss-reactive ketones (excluding diaryl/α,β-unsaturated/α-hetero) is 1. The highest BCUT2D eigenvalue weighted by atomic mass is 16.5. The van der Waals surface area contributed by atoms with Crippen LogP contribution in [0.2, 0.25) is 0 Å². The summed E-state index contributed by atoms with van der Waals surface area (Å²) in [5.74, 6) is -1.22. The van der Waals surface area contributed by atoms with Crippen LogP contribution in [0, 0.1) is 26.7 Å². The van der Waals surface area contributed by atoms with Crippen molar-refractivity contribution in [3.05, 3.63) is 34.4 Å². The molecule has 1 aromatic rings. The largest absolute Gasteiger partial charge is 0.468 e. The monoisotopic (exact) mass is 276 g/mol. The van der Waals surface area contributed by atoms with Gasteiger partial charge in [0.05, 0.1) is 7.11 Å². The number of aryl methyl sites for hydroxylation is 3. The van der Waals surface area contributed by atoms with E-state index in [4.69, 9.17) is 4.74 Å². The summed E-state index contributed by atoms with van der Waals surface area (Å²) in [5.41, 5.74) is 3.65. The molecule has 0 aliphatic heterocycles. The van der Waals surface area contributed by atoms with E-state index in [0.717, 1.165) is 29.5 Å². The first-order valence-corrected chi connectivity index (χ1v) is 7.12. The van der Waals surface area contributed by atoms with Crippen LogP contribution in [-0.2, 0) is 9.53 Å². The maximum Gasteiger partial charge on any atom is 0.316 e. The van der Waals surface area contributed by atoms with Crippen molar-refractivity contribution in [2.75, 3.05) is 7.11 Å². The van der Waals surface area contributed by atoms with E-state index >= 15 is 0 Å². The van der Waals surface area contributed by atoms with Crippen LogP contribution in [0.5, 0.6) is 0 Å². The Labute approximate surface area is 121 Å². The Balaban J connectivity index is 3.15. The van der Waals surface area contributed by atoms with Crippen LogP contribution in [-0.4, -0.2) is 18.9 Å². The minimum atomic E-state index is -0.681. The molecule has 0 saturated heterocycles. The maximum atomic E-state index is 12.7. The zero-order valence-corrected chi connectivity index (χ0v) is 13.1. The zero-order valence-electron chi connectivity index (χ0n) is 13.1. The number of ether oxygens (including phenoxy) is 1. The first-order valence-electron chi connectivity index (χ1n) is 7.12. The highest BCUT2D eigenvalue weighted by Crippen LogP contribution is 2.23. The summed E-state index contributed by atoms with van der Waals surface area (Å²) in [6.45, 7) is 7.88. The Hall–Kier alpha value is -1.64. The van der Waals surface area contributed by atoms with Gasteiger partial charge in [0.1, 0.15) is 5.92 Å². The lowest BCUT2D eigenvalue weighted by molar-refractivity contribution is -0.143. The summed E-state index contributed by atoms with van der Waals surface area (Å²) in [7, 11) is 1.34. The molecule has 0 spiro atoms. The van der Waals surface area contributed by atoms with Crippen LogP contribution in [0.3, 0.4) is 0 Å². The van der Waals surface area contributed by atoms with Crippen LogP contribution in [0.1, 0.15) is 53.2 Å². The van der Waals surface area contributed by atoms with Gasteiger partial charge in [-0.3, -0.25) is 9.59 Å². The van der Waals surface area contributed by atoms with Gasteiger partial charge >= 0.3 is 5.97 Å². The fraction of sp³-hybridized carbons (Fsp3) is 0.529. The average molecular weight is 276 g/mol. The first-order chi connectivity index (χ1) is 9.42. The highest BCUT2D eigenvalue weighted by Gasteiger charge is 2.29. The third-order valence-corrected chi connectivity index (χ3v) is 3.57. The number of carbonyl (C=O) groups excluding carboxylic acids is 2. The van der Waals surface area contributed by atoms with Crippen LogP contribution in [0.4, 0.5) is 0 Å². The molecule has 3 heteroatoms. The number of ketones is 1. The summed E-state index contributed by atoms with van der Waals surface area (Å²) in [6, 6.07) is 3.96. The Morgan fingerprint density at radius 1 is 1.15 bits per heavy atom. The Bertz CT molecular complexity index is 480. The molecule has 0 radical (unpaired) electrons. The molecule has 20 heavy (non-hydrogen) atoms. The van der Waals surface area contributed by atoms with E-state index in [1.807, 2.05) is 39.8 Å². The van der Waals surface area contributed by atoms with Crippen molar-refractivity contribution in [1.82, 2.24) is 0 Å². The minimum absolute atomic E-state index is 0.111. The van der Waals surface area contributed by atoms with Gasteiger partial charge < -0.3 is 4.74 Å². The molecular formula is C17H24O3. The summed E-state index contributed by atoms with van der Waals surface area (Å²) in [4.78, 5) is 24.6. The summed E-state index contributed by atoms with van der Waals surface area (Å²) >= 11 is 0. The molecule has 0 bridgehead atoms. The molecular weight excluding hydrogens is 252 g/mol. The number of unbranched alkanes of at least 4 members (excludes halogenated alkanes) is 1. The number of hydrogen-bond donors (Lipinski definition) is 0. The number of carbonyl (C=O) groups is 2. The van der Waals surface area contributed by atoms with Crippen molar-refractivity contribution in [3.63, 3.8) is 0 Å². The van der Waals surface area contributed by atoms with Gasteiger partial charge in [-0.25, -0.2) is 0 Å². The van der Waals surface area contributed by atoms with Crippen molar-refractivity contribution in [3.8, 4) is 0 Å². The maximum absolute atomic E-state index is 12.7. The van der Waals surface area contributed by atoms with E-state index in [2.05, 4.69) is 0 Å². The Kier molecular flexibility index (Phi) is 5.93. The number of methoxy groups -OCH3 is 1. The van der Waals surface area contributed by atoms with Gasteiger partial charge in [0.2, 0.25) is 0 Å². The molecule has 0 aromatic heterocycles. The fourth-order valence-electron chi connectivity index (χ4n) is 2.65. The lowest BCUT2D eigenvalue weighted by Gasteiger charge is -2.17. The predicted octanol–water partition coefficient (Wildman–Crippen LogP) is 3.77. The second-order valence-corrected chi connectivity index (χ2v) is 5.36. The molecule has 3 nitrogen and oxygen atoms in total. The molecule has 1 aromatic carbocycles. The first kappa shape index (κ1) is 16.4. The number of rotatable bonds is 6. The molecule has 0 saturated carbocycles. The lowest BCUT2D eigenvalue weighted by atomic mass is 9.87. The van der Waals surface area contributed by atoms with Crippen molar-refractivity contribution in [2.45, 2.75) is 47.0 Å². The van der Waals surface area contributed by atoms with Crippen LogP contribution in [0.15, 0.2) is 12.1 Å². The molecule has 0 heterocycles. The van der Waals surface area contributed by atoms with E-state index in [-0.39, 0.29) is 5.78 Å². The predicted molar refractivity (Wildman–Crippen MR) is 80.0 cm³/mol. The second-order valence-electron chi connectivity index (χ2n) is 5.36. The topological polar surface area (TPSA) is 43.4 Å². The van der Waals surface area contributed by atoms with E-state index in [1.165, 1.54) is 7.11 Å².